The summed E-state index contributed by atoms with van der Waals surface area (Å²) in [5.74, 6) is 0.469. The molecule has 8 heteroatoms. The van der Waals surface area contributed by atoms with Crippen LogP contribution in [0.25, 0.3) is 0 Å². The minimum atomic E-state index is -3.59. The van der Waals surface area contributed by atoms with E-state index in [1.165, 1.54) is 4.31 Å². The highest BCUT2D eigenvalue weighted by atomic mass is 32.2. The van der Waals surface area contributed by atoms with E-state index in [0.717, 1.165) is 6.42 Å². The van der Waals surface area contributed by atoms with Crippen LogP contribution in [0, 0.1) is 0 Å². The molecule has 0 saturated carbocycles. The number of sulfonamides is 1. The van der Waals surface area contributed by atoms with Gasteiger partial charge in [-0.3, -0.25) is 0 Å². The summed E-state index contributed by atoms with van der Waals surface area (Å²) in [6.07, 6.45) is 0.635. The van der Waals surface area contributed by atoms with Gasteiger partial charge in [-0.1, -0.05) is 31.3 Å². The maximum atomic E-state index is 12.8. The number of nitrogens with zero attached hydrogens (tertiary/aromatic N) is 1. The lowest BCUT2D eigenvalue weighted by atomic mass is 10.2. The molecule has 1 atom stereocenters. The fourth-order valence-corrected chi connectivity index (χ4v) is 3.97. The van der Waals surface area contributed by atoms with Crippen LogP contribution in [0.2, 0.25) is 0 Å². The molecule has 0 bridgehead atoms. The SMILES string of the molecule is CCCOC(C)CN(CC(N)=S)S(=O)(=O)Cc1cccc(OC)c1. The zero-order chi connectivity index (χ0) is 18.2. The Morgan fingerprint density at radius 1 is 1.42 bits per heavy atom. The van der Waals surface area contributed by atoms with Gasteiger partial charge >= 0.3 is 0 Å². The summed E-state index contributed by atoms with van der Waals surface area (Å²) in [5, 5.41) is 0. The molecule has 136 valence electrons. The van der Waals surface area contributed by atoms with Crippen LogP contribution in [0.5, 0.6) is 5.75 Å². The van der Waals surface area contributed by atoms with Crippen molar-refractivity contribution in [2.24, 2.45) is 5.73 Å². The first-order valence-electron chi connectivity index (χ1n) is 7.79. The normalized spacial score (nSPS) is 13.0. The van der Waals surface area contributed by atoms with Crippen molar-refractivity contribution < 1.29 is 17.9 Å². The lowest BCUT2D eigenvalue weighted by Crippen LogP contribution is -2.42. The second-order valence-electron chi connectivity index (χ2n) is 5.55. The Kier molecular flexibility index (Phi) is 8.61. The molecule has 0 fully saturated rings. The Hall–Kier alpha value is -1.22. The molecule has 1 rings (SSSR count). The molecule has 24 heavy (non-hydrogen) atoms. The van der Waals surface area contributed by atoms with Crippen LogP contribution in [-0.2, 0) is 20.5 Å². The molecule has 0 aliphatic heterocycles. The van der Waals surface area contributed by atoms with Gasteiger partial charge in [0.05, 0.1) is 30.5 Å². The van der Waals surface area contributed by atoms with E-state index >= 15 is 0 Å². The Morgan fingerprint density at radius 3 is 2.71 bits per heavy atom. The summed E-state index contributed by atoms with van der Waals surface area (Å²) in [6, 6.07) is 6.97. The number of benzene rings is 1. The van der Waals surface area contributed by atoms with Crippen molar-refractivity contribution in [3.05, 3.63) is 29.8 Å². The highest BCUT2D eigenvalue weighted by molar-refractivity contribution is 7.88. The molecule has 0 amide bonds. The molecule has 1 aromatic rings. The highest BCUT2D eigenvalue weighted by Crippen LogP contribution is 2.17. The van der Waals surface area contributed by atoms with Gasteiger partial charge < -0.3 is 15.2 Å². The molecule has 0 aromatic heterocycles. The number of rotatable bonds is 11. The first-order chi connectivity index (χ1) is 11.3. The summed E-state index contributed by atoms with van der Waals surface area (Å²) >= 11 is 4.90. The molecule has 1 aromatic carbocycles. The van der Waals surface area contributed by atoms with Crippen molar-refractivity contribution >= 4 is 27.2 Å². The number of ether oxygens (including phenoxy) is 2. The van der Waals surface area contributed by atoms with E-state index in [-0.39, 0.29) is 29.9 Å². The Labute approximate surface area is 150 Å². The molecule has 0 spiro atoms. The van der Waals surface area contributed by atoms with Gasteiger partial charge in [-0.25, -0.2) is 8.42 Å². The first kappa shape index (κ1) is 20.8. The van der Waals surface area contributed by atoms with E-state index in [0.29, 0.717) is 17.9 Å². The van der Waals surface area contributed by atoms with Crippen molar-refractivity contribution in [2.75, 3.05) is 26.8 Å². The fraction of sp³-hybridized carbons (Fsp3) is 0.562. The van der Waals surface area contributed by atoms with E-state index in [9.17, 15) is 8.42 Å². The summed E-state index contributed by atoms with van der Waals surface area (Å²) < 4.78 is 37.5. The molecule has 2 N–H and O–H groups in total. The van der Waals surface area contributed by atoms with Crippen LogP contribution in [0.15, 0.2) is 24.3 Å². The van der Waals surface area contributed by atoms with Crippen molar-refractivity contribution in [1.82, 2.24) is 4.31 Å². The van der Waals surface area contributed by atoms with Crippen molar-refractivity contribution in [1.29, 1.82) is 0 Å². The number of hydrogen-bond acceptors (Lipinski definition) is 5. The fourth-order valence-electron chi connectivity index (χ4n) is 2.17. The standard InChI is InChI=1S/C16H26N2O4S2/c1-4-8-22-13(2)10-18(11-16(17)23)24(19,20)12-14-6-5-7-15(9-14)21-3/h5-7,9,13H,4,8,10-12H2,1-3H3,(H2,17,23). The van der Waals surface area contributed by atoms with Crippen LogP contribution in [0.1, 0.15) is 25.8 Å². The summed E-state index contributed by atoms with van der Waals surface area (Å²) in [6.45, 7) is 4.63. The van der Waals surface area contributed by atoms with E-state index in [4.69, 9.17) is 27.4 Å². The first-order valence-corrected chi connectivity index (χ1v) is 9.81. The summed E-state index contributed by atoms with van der Waals surface area (Å²) in [7, 11) is -2.04. The Morgan fingerprint density at radius 2 is 2.12 bits per heavy atom. The monoisotopic (exact) mass is 374 g/mol. The van der Waals surface area contributed by atoms with E-state index in [2.05, 4.69) is 0 Å². The zero-order valence-electron chi connectivity index (χ0n) is 14.4. The van der Waals surface area contributed by atoms with Gasteiger partial charge in [-0.15, -0.1) is 0 Å². The minimum Gasteiger partial charge on any atom is -0.497 e. The van der Waals surface area contributed by atoms with Crippen molar-refractivity contribution in [3.63, 3.8) is 0 Å². The third kappa shape index (κ3) is 7.12. The van der Waals surface area contributed by atoms with E-state index in [1.807, 2.05) is 13.8 Å². The smallest absolute Gasteiger partial charge is 0.218 e. The summed E-state index contributed by atoms with van der Waals surface area (Å²) in [5.41, 5.74) is 6.21. The number of thiocarbonyl (C=S) groups is 1. The molecule has 0 saturated heterocycles. The van der Waals surface area contributed by atoms with Crippen molar-refractivity contribution in [3.8, 4) is 5.75 Å². The lowest BCUT2D eigenvalue weighted by molar-refractivity contribution is 0.0554. The Bertz CT molecular complexity index is 635. The molecule has 1 unspecified atom stereocenters. The van der Waals surface area contributed by atoms with Gasteiger partial charge in [0, 0.05) is 13.2 Å². The zero-order valence-corrected chi connectivity index (χ0v) is 16.0. The third-order valence-electron chi connectivity index (χ3n) is 3.28. The maximum Gasteiger partial charge on any atom is 0.218 e. The number of methoxy groups -OCH3 is 1. The molecule has 0 aliphatic rings. The molecular formula is C16H26N2O4S2. The van der Waals surface area contributed by atoms with Gasteiger partial charge in [0.1, 0.15) is 5.75 Å². The predicted molar refractivity (Wildman–Crippen MR) is 99.7 cm³/mol. The second kappa shape index (κ2) is 9.93. The molecule has 0 aliphatic carbocycles. The van der Waals surface area contributed by atoms with Crippen LogP contribution < -0.4 is 10.5 Å². The highest BCUT2D eigenvalue weighted by Gasteiger charge is 2.25. The lowest BCUT2D eigenvalue weighted by Gasteiger charge is -2.25. The Balaban J connectivity index is 2.90. The van der Waals surface area contributed by atoms with Crippen LogP contribution in [0.4, 0.5) is 0 Å². The summed E-state index contributed by atoms with van der Waals surface area (Å²) in [4.78, 5) is 0.131. The van der Waals surface area contributed by atoms with E-state index in [1.54, 1.807) is 31.4 Å². The number of nitrogens with two attached hydrogens (primary N) is 1. The van der Waals surface area contributed by atoms with Gasteiger partial charge in [0.15, 0.2) is 0 Å². The van der Waals surface area contributed by atoms with Gasteiger partial charge in [-0.2, -0.15) is 4.31 Å². The average Bonchev–Trinajstić information content (AvgIpc) is 2.51. The largest absolute Gasteiger partial charge is 0.497 e. The predicted octanol–water partition coefficient (Wildman–Crippen LogP) is 1.93. The van der Waals surface area contributed by atoms with Gasteiger partial charge in [0.2, 0.25) is 10.0 Å². The molecule has 0 heterocycles. The van der Waals surface area contributed by atoms with Crippen LogP contribution in [0.3, 0.4) is 0 Å². The molecule has 6 nitrogen and oxygen atoms in total. The quantitative estimate of drug-likeness (QED) is 0.596. The van der Waals surface area contributed by atoms with Gasteiger partial charge in [0.25, 0.3) is 0 Å². The topological polar surface area (TPSA) is 81.9 Å². The minimum absolute atomic E-state index is 0.00145. The van der Waals surface area contributed by atoms with Crippen molar-refractivity contribution in [2.45, 2.75) is 32.1 Å². The second-order valence-corrected chi connectivity index (χ2v) is 8.04. The van der Waals surface area contributed by atoms with Crippen LogP contribution >= 0.6 is 12.2 Å². The third-order valence-corrected chi connectivity index (χ3v) is 5.17. The van der Waals surface area contributed by atoms with E-state index < -0.39 is 10.0 Å². The van der Waals surface area contributed by atoms with Gasteiger partial charge in [-0.05, 0) is 31.0 Å². The maximum absolute atomic E-state index is 12.8. The number of hydrogen-bond donors (Lipinski definition) is 1. The molecular weight excluding hydrogens is 348 g/mol. The average molecular weight is 375 g/mol. The van der Waals surface area contributed by atoms with Crippen LogP contribution in [-0.4, -0.2) is 50.6 Å². The molecule has 0 radical (unpaired) electrons.